The van der Waals surface area contributed by atoms with Gasteiger partial charge in [-0.3, -0.25) is 0 Å². The Labute approximate surface area is 258 Å². The lowest BCUT2D eigenvalue weighted by molar-refractivity contribution is -0.891. The van der Waals surface area contributed by atoms with Crippen molar-refractivity contribution in [3.05, 3.63) is 17.0 Å². The molecule has 0 N–H and O–H groups in total. The van der Waals surface area contributed by atoms with Crippen molar-refractivity contribution in [1.29, 1.82) is 0 Å². The highest BCUT2D eigenvalue weighted by atomic mass is 32.1. The molecule has 2 rings (SSSR count). The maximum Gasteiger partial charge on any atom is 0.512 e. The monoisotopic (exact) mass is 635 g/mol. The lowest BCUT2D eigenvalue weighted by Crippen LogP contribution is -2.48. The van der Waals surface area contributed by atoms with Gasteiger partial charge in [-0.1, -0.05) is 32.3 Å². The molecule has 0 aromatic carbocycles. The van der Waals surface area contributed by atoms with Crippen molar-refractivity contribution in [2.24, 2.45) is 0 Å². The number of carbonyl (C=O) groups excluding carboxylic acids is 1. The Bertz CT molecular complexity index is 877. The van der Waals surface area contributed by atoms with Crippen LogP contribution in [0.2, 0.25) is 0 Å². The summed E-state index contributed by atoms with van der Waals surface area (Å²) in [5, 5.41) is 13.2. The maximum atomic E-state index is 13.2. The molecule has 2 heterocycles. The third-order valence-electron chi connectivity index (χ3n) is 6.17. The van der Waals surface area contributed by atoms with Gasteiger partial charge in [0.15, 0.2) is 0 Å². The predicted molar refractivity (Wildman–Crippen MR) is 159 cm³/mol. The Kier molecular flexibility index (Phi) is 21.1. The number of hydroxylamine groups is 3. The van der Waals surface area contributed by atoms with E-state index in [0.29, 0.717) is 90.7 Å². The van der Waals surface area contributed by atoms with Gasteiger partial charge in [-0.25, -0.2) is 4.79 Å². The number of quaternary nitrogens is 1. The van der Waals surface area contributed by atoms with E-state index in [-0.39, 0.29) is 33.0 Å². The van der Waals surface area contributed by atoms with Crippen molar-refractivity contribution in [1.82, 2.24) is 8.75 Å². The number of aromatic nitrogens is 2. The van der Waals surface area contributed by atoms with E-state index in [2.05, 4.69) is 15.7 Å². The van der Waals surface area contributed by atoms with Gasteiger partial charge in [0.1, 0.15) is 18.8 Å². The molecule has 1 aromatic rings. The number of ether oxygens (including phenoxy) is 9. The molecule has 1 aliphatic heterocycles. The third kappa shape index (κ3) is 17.8. The standard InChI is InChI=1S/C28H49N3O11S/c1-3-4-5-6-10-40-27-26(29-43-30-27)25-8-7-9-31(33,23-25)24-42-28(32)41-22-21-39-20-19-38-18-17-37-16-15-36-14-13-35-12-11-34-2/h8H,3-7,9-24H2,1-2H3. The second kappa shape index (κ2) is 24.4. The van der Waals surface area contributed by atoms with Crippen LogP contribution in [0.1, 0.15) is 44.7 Å². The topological polar surface area (TPSA) is 149 Å². The summed E-state index contributed by atoms with van der Waals surface area (Å²) in [6, 6.07) is 0. The van der Waals surface area contributed by atoms with Crippen molar-refractivity contribution < 1.29 is 52.1 Å². The van der Waals surface area contributed by atoms with Crippen LogP contribution < -0.4 is 4.74 Å². The van der Waals surface area contributed by atoms with Gasteiger partial charge >= 0.3 is 6.16 Å². The highest BCUT2D eigenvalue weighted by Gasteiger charge is 2.28. The summed E-state index contributed by atoms with van der Waals surface area (Å²) in [5.74, 6) is 0.456. The molecule has 0 saturated heterocycles. The molecule has 248 valence electrons. The molecular weight excluding hydrogens is 586 g/mol. The van der Waals surface area contributed by atoms with Crippen LogP contribution in [0.4, 0.5) is 4.79 Å². The molecule has 0 radical (unpaired) electrons. The summed E-state index contributed by atoms with van der Waals surface area (Å²) in [6.07, 6.45) is 5.97. The Hall–Kier alpha value is -1.95. The van der Waals surface area contributed by atoms with Crippen LogP contribution in [0.5, 0.6) is 5.88 Å². The van der Waals surface area contributed by atoms with Gasteiger partial charge in [-0.2, -0.15) is 4.37 Å². The van der Waals surface area contributed by atoms with Crippen LogP contribution in [0, 0.1) is 5.21 Å². The molecule has 15 heteroatoms. The van der Waals surface area contributed by atoms with E-state index in [4.69, 9.17) is 42.6 Å². The van der Waals surface area contributed by atoms with Gasteiger partial charge < -0.3 is 52.5 Å². The van der Waals surface area contributed by atoms with Crippen molar-refractivity contribution in [3.63, 3.8) is 0 Å². The van der Waals surface area contributed by atoms with Crippen molar-refractivity contribution in [3.8, 4) is 5.88 Å². The van der Waals surface area contributed by atoms with E-state index in [1.54, 1.807) is 7.11 Å². The summed E-state index contributed by atoms with van der Waals surface area (Å²) in [7, 11) is 1.63. The maximum absolute atomic E-state index is 13.2. The fourth-order valence-corrected chi connectivity index (χ4v) is 4.43. The summed E-state index contributed by atoms with van der Waals surface area (Å²) < 4.78 is 55.6. The van der Waals surface area contributed by atoms with Crippen LogP contribution >= 0.6 is 11.7 Å². The number of nitrogens with zero attached hydrogens (tertiary/aromatic N) is 3. The van der Waals surface area contributed by atoms with Crippen LogP contribution in [0.3, 0.4) is 0 Å². The molecule has 1 aliphatic rings. The Balaban J connectivity index is 1.45. The lowest BCUT2D eigenvalue weighted by Gasteiger charge is -2.43. The molecule has 43 heavy (non-hydrogen) atoms. The minimum atomic E-state index is -0.907. The van der Waals surface area contributed by atoms with Gasteiger partial charge in [0.2, 0.25) is 6.73 Å². The highest BCUT2D eigenvalue weighted by molar-refractivity contribution is 6.99. The first-order valence-corrected chi connectivity index (χ1v) is 15.7. The molecule has 0 amide bonds. The third-order valence-corrected chi connectivity index (χ3v) is 6.68. The number of unbranched alkanes of at least 4 members (excludes halogenated alkanes) is 3. The highest BCUT2D eigenvalue weighted by Crippen LogP contribution is 2.30. The minimum absolute atomic E-state index is 0.00677. The summed E-state index contributed by atoms with van der Waals surface area (Å²) in [6.45, 7) is 7.72. The zero-order valence-electron chi connectivity index (χ0n) is 25.7. The molecule has 0 fully saturated rings. The SMILES string of the molecule is CCCCCCOc1nsnc1C1=CCC[N+]([O-])(COC(=O)OCCOCCOCCOCCOCCOCCOC)C1. The second-order valence-electron chi connectivity index (χ2n) is 9.71. The Morgan fingerprint density at radius 1 is 0.814 bits per heavy atom. The molecule has 1 atom stereocenters. The normalized spacial score (nSPS) is 16.7. The number of hydrogen-bond donors (Lipinski definition) is 0. The van der Waals surface area contributed by atoms with Crippen LogP contribution in [-0.2, 0) is 37.9 Å². The fourth-order valence-electron chi connectivity index (χ4n) is 3.90. The van der Waals surface area contributed by atoms with E-state index in [9.17, 15) is 10.0 Å². The predicted octanol–water partition coefficient (Wildman–Crippen LogP) is 3.44. The summed E-state index contributed by atoms with van der Waals surface area (Å²) >= 11 is 1.06. The van der Waals surface area contributed by atoms with E-state index < -0.39 is 10.8 Å². The lowest BCUT2D eigenvalue weighted by atomic mass is 10.1. The fraction of sp³-hybridized carbons (Fsp3) is 0.821. The number of hydrogen-bond acceptors (Lipinski definition) is 14. The van der Waals surface area contributed by atoms with E-state index in [0.717, 1.165) is 36.6 Å². The molecule has 0 bridgehead atoms. The molecule has 0 aliphatic carbocycles. The second-order valence-corrected chi connectivity index (χ2v) is 10.2. The van der Waals surface area contributed by atoms with Gasteiger partial charge in [-0.15, -0.1) is 4.37 Å². The molecule has 1 unspecified atom stereocenters. The summed E-state index contributed by atoms with van der Waals surface area (Å²) in [5.41, 5.74) is 1.35. The Morgan fingerprint density at radius 2 is 1.42 bits per heavy atom. The quantitative estimate of drug-likeness (QED) is 0.0602. The average molecular weight is 636 g/mol. The van der Waals surface area contributed by atoms with Gasteiger partial charge in [0.25, 0.3) is 5.88 Å². The van der Waals surface area contributed by atoms with E-state index >= 15 is 0 Å². The molecule has 14 nitrogen and oxygen atoms in total. The van der Waals surface area contributed by atoms with Gasteiger partial charge in [0, 0.05) is 19.1 Å². The van der Waals surface area contributed by atoms with E-state index in [1.165, 1.54) is 6.42 Å². The number of carbonyl (C=O) groups is 1. The van der Waals surface area contributed by atoms with E-state index in [1.807, 2.05) is 6.08 Å². The molecule has 1 aromatic heterocycles. The smallest absolute Gasteiger partial charge is 0.512 e. The number of methoxy groups -OCH3 is 1. The van der Waals surface area contributed by atoms with Gasteiger partial charge in [-0.05, 0) is 6.42 Å². The van der Waals surface area contributed by atoms with Crippen LogP contribution in [-0.4, -0.2) is 132 Å². The first kappa shape index (κ1) is 37.2. The number of rotatable bonds is 27. The van der Waals surface area contributed by atoms with Crippen molar-refractivity contribution in [2.45, 2.75) is 39.0 Å². The van der Waals surface area contributed by atoms with Crippen LogP contribution in [0.25, 0.3) is 5.57 Å². The van der Waals surface area contributed by atoms with Gasteiger partial charge in [0.05, 0.1) is 97.6 Å². The first-order chi connectivity index (χ1) is 21.1. The molecule has 0 spiro atoms. The minimum Gasteiger partial charge on any atom is -0.630 e. The van der Waals surface area contributed by atoms with Crippen molar-refractivity contribution >= 4 is 23.5 Å². The Morgan fingerprint density at radius 3 is 2.02 bits per heavy atom. The first-order valence-electron chi connectivity index (χ1n) is 15.0. The van der Waals surface area contributed by atoms with Crippen LogP contribution in [0.15, 0.2) is 6.08 Å². The zero-order chi connectivity index (χ0) is 30.9. The van der Waals surface area contributed by atoms with Crippen molar-refractivity contribution in [2.75, 3.05) is 113 Å². The summed E-state index contributed by atoms with van der Waals surface area (Å²) in [4.78, 5) is 12.0. The zero-order valence-corrected chi connectivity index (χ0v) is 26.5. The largest absolute Gasteiger partial charge is 0.630 e. The average Bonchev–Trinajstić information content (AvgIpc) is 3.48. The molecule has 0 saturated carbocycles. The molecular formula is C28H49N3O11S.